The number of hydrogen-bond donors (Lipinski definition) is 1. The van der Waals surface area contributed by atoms with Crippen LogP contribution in [0.2, 0.25) is 0 Å². The molecule has 1 N–H and O–H groups in total. The maximum Gasteiger partial charge on any atom is 0.256 e. The van der Waals surface area contributed by atoms with Crippen molar-refractivity contribution in [2.45, 2.75) is 18.1 Å². The van der Waals surface area contributed by atoms with Crippen LogP contribution in [0.3, 0.4) is 0 Å². The van der Waals surface area contributed by atoms with E-state index in [2.05, 4.69) is 5.10 Å². The Hall–Kier alpha value is -1.96. The van der Waals surface area contributed by atoms with E-state index in [1.54, 1.807) is 0 Å². The number of benzene rings is 1. The predicted molar refractivity (Wildman–Crippen MR) is 66.6 cm³/mol. The average Bonchev–Trinajstić information content (AvgIpc) is 3.15. The fourth-order valence-electron chi connectivity index (χ4n) is 1.86. The summed E-state index contributed by atoms with van der Waals surface area (Å²) in [6.07, 6.45) is 3.46. The molecule has 1 aromatic carbocycles. The van der Waals surface area contributed by atoms with Gasteiger partial charge in [-0.2, -0.15) is 13.6 Å². The van der Waals surface area contributed by atoms with Gasteiger partial charge in [0.2, 0.25) is 5.82 Å². The van der Waals surface area contributed by atoms with Crippen molar-refractivity contribution in [1.82, 2.24) is 9.19 Å². The normalized spacial score (nSPS) is 15.5. The number of aromatic hydroxyl groups is 1. The van der Waals surface area contributed by atoms with Crippen molar-refractivity contribution in [2.75, 3.05) is 0 Å². The summed E-state index contributed by atoms with van der Waals surface area (Å²) < 4.78 is 51.6. The molecule has 0 bridgehead atoms. The van der Waals surface area contributed by atoms with Gasteiger partial charge in [-0.15, -0.1) is 0 Å². The zero-order chi connectivity index (χ0) is 14.5. The maximum atomic E-state index is 13.7. The molecule has 1 fully saturated rings. The van der Waals surface area contributed by atoms with Crippen molar-refractivity contribution in [3.63, 3.8) is 0 Å². The van der Waals surface area contributed by atoms with Gasteiger partial charge in [-0.1, -0.05) is 0 Å². The highest BCUT2D eigenvalue weighted by Gasteiger charge is 2.37. The Morgan fingerprint density at radius 3 is 2.60 bits per heavy atom. The summed E-state index contributed by atoms with van der Waals surface area (Å²) in [5, 5.41) is 12.3. The quantitative estimate of drug-likeness (QED) is 0.939. The highest BCUT2D eigenvalue weighted by molar-refractivity contribution is 7.90. The second-order valence-electron chi connectivity index (χ2n) is 4.61. The zero-order valence-corrected chi connectivity index (χ0v) is 10.9. The second-order valence-corrected chi connectivity index (χ2v) is 6.68. The number of phenolic OH excluding ortho intramolecular Hbond substituents is 1. The fourth-order valence-corrected chi connectivity index (χ4v) is 3.34. The molecule has 1 aliphatic carbocycles. The Bertz CT molecular complexity index is 782. The first kappa shape index (κ1) is 13.0. The first-order chi connectivity index (χ1) is 9.41. The summed E-state index contributed by atoms with van der Waals surface area (Å²) in [5.74, 6) is -3.42. The first-order valence-corrected chi connectivity index (χ1v) is 7.38. The largest absolute Gasteiger partial charge is 0.505 e. The Balaban J connectivity index is 2.05. The maximum absolute atomic E-state index is 13.7. The van der Waals surface area contributed by atoms with E-state index in [1.807, 2.05) is 0 Å². The number of halogens is 2. The molecule has 0 aliphatic heterocycles. The van der Waals surface area contributed by atoms with Crippen molar-refractivity contribution < 1.29 is 22.3 Å². The molecule has 0 atom stereocenters. The van der Waals surface area contributed by atoms with Crippen LogP contribution in [0, 0.1) is 11.6 Å². The van der Waals surface area contributed by atoms with Crippen LogP contribution < -0.4 is 0 Å². The minimum atomic E-state index is -3.54. The number of rotatable bonds is 3. The Kier molecular flexibility index (Phi) is 2.79. The number of hydrogen-bond acceptors (Lipinski definition) is 4. The van der Waals surface area contributed by atoms with Gasteiger partial charge in [0.05, 0.1) is 17.6 Å². The van der Waals surface area contributed by atoms with Crippen molar-refractivity contribution in [3.05, 3.63) is 36.2 Å². The molecule has 1 heterocycles. The van der Waals surface area contributed by atoms with Crippen LogP contribution in [0.15, 0.2) is 24.5 Å². The molecule has 5 nitrogen and oxygen atoms in total. The average molecular weight is 300 g/mol. The molecule has 0 saturated heterocycles. The smallest absolute Gasteiger partial charge is 0.256 e. The lowest BCUT2D eigenvalue weighted by molar-refractivity contribution is 0.408. The molecular weight excluding hydrogens is 290 g/mol. The van der Waals surface area contributed by atoms with Gasteiger partial charge in [-0.05, 0) is 25.0 Å². The van der Waals surface area contributed by atoms with E-state index in [0.29, 0.717) is 12.8 Å². The number of nitrogens with zero attached hydrogens (tertiary/aromatic N) is 2. The zero-order valence-electron chi connectivity index (χ0n) is 10.1. The molecule has 8 heteroatoms. The lowest BCUT2D eigenvalue weighted by Crippen LogP contribution is -2.17. The van der Waals surface area contributed by atoms with E-state index >= 15 is 0 Å². The van der Waals surface area contributed by atoms with Gasteiger partial charge in [0.15, 0.2) is 11.6 Å². The highest BCUT2D eigenvalue weighted by atomic mass is 32.2. The van der Waals surface area contributed by atoms with Gasteiger partial charge in [-0.25, -0.2) is 12.8 Å². The summed E-state index contributed by atoms with van der Waals surface area (Å²) >= 11 is 0. The highest BCUT2D eigenvalue weighted by Crippen LogP contribution is 2.32. The van der Waals surface area contributed by atoms with E-state index < -0.39 is 32.7 Å². The van der Waals surface area contributed by atoms with Crippen molar-refractivity contribution >= 4 is 10.0 Å². The summed E-state index contributed by atoms with van der Waals surface area (Å²) in [6.45, 7) is 0. The van der Waals surface area contributed by atoms with E-state index in [-0.39, 0.29) is 11.1 Å². The number of aromatic nitrogens is 2. The molecule has 0 spiro atoms. The second kappa shape index (κ2) is 4.27. The Labute approximate surface area is 113 Å². The topological polar surface area (TPSA) is 72.2 Å². The van der Waals surface area contributed by atoms with Crippen LogP contribution >= 0.6 is 0 Å². The standard InChI is InChI=1S/C12H10F2N2O3S/c13-11-9(3-4-10(17)12(11)14)7-5-15-16(6-7)20(18,19)8-1-2-8/h3-6,8,17H,1-2H2. The molecule has 1 aromatic heterocycles. The summed E-state index contributed by atoms with van der Waals surface area (Å²) in [5.41, 5.74) is -0.0248. The third-order valence-corrected chi connectivity index (χ3v) is 5.17. The molecule has 0 unspecified atom stereocenters. The summed E-state index contributed by atoms with van der Waals surface area (Å²) in [6, 6.07) is 2.17. The van der Waals surface area contributed by atoms with Crippen LogP contribution in [0.5, 0.6) is 5.75 Å². The van der Waals surface area contributed by atoms with Crippen molar-refractivity contribution in [2.24, 2.45) is 0 Å². The van der Waals surface area contributed by atoms with Gasteiger partial charge in [0.1, 0.15) is 0 Å². The molecule has 106 valence electrons. The molecule has 2 aromatic rings. The number of phenols is 1. The molecule has 20 heavy (non-hydrogen) atoms. The molecule has 1 saturated carbocycles. The molecule has 0 radical (unpaired) electrons. The lowest BCUT2D eigenvalue weighted by Gasteiger charge is -2.03. The Morgan fingerprint density at radius 1 is 1.25 bits per heavy atom. The SMILES string of the molecule is O=S(=O)(C1CC1)n1cc(-c2ccc(O)c(F)c2F)cn1. The van der Waals surface area contributed by atoms with Crippen LogP contribution in [0.4, 0.5) is 8.78 Å². The minimum Gasteiger partial charge on any atom is -0.505 e. The van der Waals surface area contributed by atoms with E-state index in [0.717, 1.165) is 22.5 Å². The predicted octanol–water partition coefficient (Wildman–Crippen LogP) is 1.87. The van der Waals surface area contributed by atoms with Crippen LogP contribution in [0.1, 0.15) is 12.8 Å². The van der Waals surface area contributed by atoms with Gasteiger partial charge in [-0.3, -0.25) is 0 Å². The van der Waals surface area contributed by atoms with Gasteiger partial charge in [0.25, 0.3) is 10.0 Å². The summed E-state index contributed by atoms with van der Waals surface area (Å²) in [4.78, 5) is 0. The molecular formula is C12H10F2N2O3S. The summed E-state index contributed by atoms with van der Waals surface area (Å²) in [7, 11) is -3.54. The van der Waals surface area contributed by atoms with Crippen LogP contribution in [-0.4, -0.2) is 28.0 Å². The minimum absolute atomic E-state index is 0.130. The van der Waals surface area contributed by atoms with Crippen LogP contribution in [0.25, 0.3) is 11.1 Å². The molecule has 1 aliphatic rings. The van der Waals surface area contributed by atoms with Crippen molar-refractivity contribution in [1.29, 1.82) is 0 Å². The van der Waals surface area contributed by atoms with E-state index in [9.17, 15) is 17.2 Å². The molecule has 0 amide bonds. The van der Waals surface area contributed by atoms with E-state index in [1.165, 1.54) is 6.07 Å². The van der Waals surface area contributed by atoms with Gasteiger partial charge < -0.3 is 5.11 Å². The monoisotopic (exact) mass is 300 g/mol. The fraction of sp³-hybridized carbons (Fsp3) is 0.250. The third kappa shape index (κ3) is 1.96. The Morgan fingerprint density at radius 2 is 1.95 bits per heavy atom. The first-order valence-electron chi connectivity index (χ1n) is 5.87. The van der Waals surface area contributed by atoms with E-state index in [4.69, 9.17) is 5.11 Å². The van der Waals surface area contributed by atoms with Crippen LogP contribution in [-0.2, 0) is 10.0 Å². The lowest BCUT2D eigenvalue weighted by atomic mass is 10.1. The van der Waals surface area contributed by atoms with Gasteiger partial charge >= 0.3 is 0 Å². The third-order valence-electron chi connectivity index (χ3n) is 3.14. The van der Waals surface area contributed by atoms with Crippen molar-refractivity contribution in [3.8, 4) is 16.9 Å². The molecule has 3 rings (SSSR count). The van der Waals surface area contributed by atoms with Gasteiger partial charge in [0, 0.05) is 11.1 Å².